The van der Waals surface area contributed by atoms with Crippen LogP contribution in [0.4, 0.5) is 5.82 Å². The van der Waals surface area contributed by atoms with E-state index in [1.807, 2.05) is 12.1 Å². The van der Waals surface area contributed by atoms with E-state index in [0.29, 0.717) is 11.9 Å². The van der Waals surface area contributed by atoms with Gasteiger partial charge >= 0.3 is 0 Å². The average Bonchev–Trinajstić information content (AvgIpc) is 3.06. The predicted octanol–water partition coefficient (Wildman–Crippen LogP) is 2.36. The molecule has 0 aliphatic carbocycles. The van der Waals surface area contributed by atoms with Crippen molar-refractivity contribution in [2.45, 2.75) is 32.9 Å². The Morgan fingerprint density at radius 3 is 2.80 bits per heavy atom. The molecule has 1 unspecified atom stereocenters. The van der Waals surface area contributed by atoms with Gasteiger partial charge in [0.2, 0.25) is 0 Å². The summed E-state index contributed by atoms with van der Waals surface area (Å²) in [6, 6.07) is 4.57. The average molecular weight is 367 g/mol. The minimum atomic E-state index is 0. The molecule has 2 aromatic heterocycles. The summed E-state index contributed by atoms with van der Waals surface area (Å²) in [5.41, 5.74) is 0.851. The lowest BCUT2D eigenvalue weighted by molar-refractivity contribution is 0.190. The highest BCUT2D eigenvalue weighted by Gasteiger charge is 2.25. The summed E-state index contributed by atoms with van der Waals surface area (Å²) in [4.78, 5) is 13.6. The van der Waals surface area contributed by atoms with Crippen molar-refractivity contribution in [3.05, 3.63) is 24.2 Å². The monoisotopic (exact) mass is 366 g/mol. The van der Waals surface area contributed by atoms with Gasteiger partial charge in [-0.05, 0) is 40.0 Å². The van der Waals surface area contributed by atoms with Crippen LogP contribution in [0.15, 0.2) is 22.9 Å². The van der Waals surface area contributed by atoms with Gasteiger partial charge in [-0.3, -0.25) is 4.90 Å². The Hall–Kier alpha value is -1.70. The smallest absolute Gasteiger partial charge is 0.259 e. The topological polar surface area (TPSA) is 70.3 Å². The SMILES string of the molecule is CCN(c1ccc(-c2nc(C3CNCCN3C)no2)cn1)C(C)C.Cl. The van der Waals surface area contributed by atoms with Crippen LogP contribution in [0.25, 0.3) is 11.5 Å². The van der Waals surface area contributed by atoms with E-state index in [9.17, 15) is 0 Å². The minimum absolute atomic E-state index is 0. The quantitative estimate of drug-likeness (QED) is 0.870. The van der Waals surface area contributed by atoms with Crippen LogP contribution >= 0.6 is 12.4 Å². The third-order valence-corrected chi connectivity index (χ3v) is 4.50. The number of halogens is 1. The molecule has 138 valence electrons. The molecular formula is C17H27ClN6O. The molecular weight excluding hydrogens is 340 g/mol. The minimum Gasteiger partial charge on any atom is -0.354 e. The van der Waals surface area contributed by atoms with Crippen LogP contribution in [0.3, 0.4) is 0 Å². The molecule has 2 aromatic rings. The van der Waals surface area contributed by atoms with Gasteiger partial charge in [-0.1, -0.05) is 5.16 Å². The Morgan fingerprint density at radius 1 is 1.40 bits per heavy atom. The molecule has 8 heteroatoms. The Balaban J connectivity index is 0.00000225. The standard InChI is InChI=1S/C17H26N6O.ClH/c1-5-23(12(2)3)15-7-6-13(10-19-15)17-20-16(21-24-17)14-11-18-8-9-22(14)4;/h6-7,10,12,14,18H,5,8-9,11H2,1-4H3;1H. The largest absolute Gasteiger partial charge is 0.354 e. The molecule has 0 spiro atoms. The molecule has 1 aliphatic heterocycles. The van der Waals surface area contributed by atoms with Crippen LogP contribution < -0.4 is 10.2 Å². The number of pyridine rings is 1. The number of aromatic nitrogens is 3. The van der Waals surface area contributed by atoms with E-state index in [0.717, 1.165) is 43.4 Å². The molecule has 3 heterocycles. The highest BCUT2D eigenvalue weighted by molar-refractivity contribution is 5.85. The molecule has 3 rings (SSSR count). The maximum absolute atomic E-state index is 5.46. The van der Waals surface area contributed by atoms with Crippen molar-refractivity contribution in [1.29, 1.82) is 0 Å². The van der Waals surface area contributed by atoms with Crippen molar-refractivity contribution < 1.29 is 4.52 Å². The molecule has 0 amide bonds. The Kier molecular flexibility index (Phi) is 6.75. The highest BCUT2D eigenvalue weighted by atomic mass is 35.5. The van der Waals surface area contributed by atoms with E-state index >= 15 is 0 Å². The van der Waals surface area contributed by atoms with Gasteiger partial charge < -0.3 is 14.7 Å². The van der Waals surface area contributed by atoms with E-state index in [2.05, 4.69) is 58.1 Å². The fraction of sp³-hybridized carbons (Fsp3) is 0.588. The first-order valence-corrected chi connectivity index (χ1v) is 8.57. The molecule has 7 nitrogen and oxygen atoms in total. The van der Waals surface area contributed by atoms with E-state index < -0.39 is 0 Å². The lowest BCUT2D eigenvalue weighted by Gasteiger charge is -2.30. The van der Waals surface area contributed by atoms with Crippen molar-refractivity contribution in [2.75, 3.05) is 38.1 Å². The molecule has 1 N–H and O–H groups in total. The second-order valence-corrected chi connectivity index (χ2v) is 6.44. The fourth-order valence-corrected chi connectivity index (χ4v) is 3.06. The molecule has 0 bridgehead atoms. The first-order chi connectivity index (χ1) is 11.6. The van der Waals surface area contributed by atoms with Crippen LogP contribution in [0.2, 0.25) is 0 Å². The van der Waals surface area contributed by atoms with Gasteiger partial charge in [-0.15, -0.1) is 12.4 Å². The zero-order valence-corrected chi connectivity index (χ0v) is 16.1. The van der Waals surface area contributed by atoms with E-state index in [1.165, 1.54) is 0 Å². The van der Waals surface area contributed by atoms with Crippen LogP contribution in [0.1, 0.15) is 32.6 Å². The van der Waals surface area contributed by atoms with Crippen molar-refractivity contribution in [1.82, 2.24) is 25.3 Å². The number of nitrogens with zero attached hydrogens (tertiary/aromatic N) is 5. The predicted molar refractivity (Wildman–Crippen MR) is 101 cm³/mol. The fourth-order valence-electron chi connectivity index (χ4n) is 3.06. The van der Waals surface area contributed by atoms with Crippen LogP contribution in [-0.4, -0.2) is 59.3 Å². The van der Waals surface area contributed by atoms with Crippen molar-refractivity contribution >= 4 is 18.2 Å². The van der Waals surface area contributed by atoms with Gasteiger partial charge in [0.1, 0.15) is 5.82 Å². The van der Waals surface area contributed by atoms with Crippen LogP contribution in [0.5, 0.6) is 0 Å². The molecule has 25 heavy (non-hydrogen) atoms. The van der Waals surface area contributed by atoms with Gasteiger partial charge in [0, 0.05) is 38.4 Å². The number of anilines is 1. The van der Waals surface area contributed by atoms with Crippen LogP contribution in [-0.2, 0) is 0 Å². The van der Waals surface area contributed by atoms with Gasteiger partial charge in [0.15, 0.2) is 5.82 Å². The molecule has 0 aromatic carbocycles. The van der Waals surface area contributed by atoms with Crippen molar-refractivity contribution in [2.24, 2.45) is 0 Å². The second kappa shape index (κ2) is 8.60. The zero-order chi connectivity index (χ0) is 17.1. The first-order valence-electron chi connectivity index (χ1n) is 8.57. The molecule has 0 radical (unpaired) electrons. The third-order valence-electron chi connectivity index (χ3n) is 4.50. The Bertz CT molecular complexity index is 659. The lowest BCUT2D eigenvalue weighted by Crippen LogP contribution is -2.44. The van der Waals surface area contributed by atoms with Gasteiger partial charge in [0.25, 0.3) is 5.89 Å². The first kappa shape index (κ1) is 19.6. The number of likely N-dealkylation sites (N-methyl/N-ethyl adjacent to an activating group) is 1. The van der Waals surface area contributed by atoms with Crippen molar-refractivity contribution in [3.8, 4) is 11.5 Å². The number of piperazine rings is 1. The summed E-state index contributed by atoms with van der Waals surface area (Å²) in [6.07, 6.45) is 1.81. The number of nitrogens with one attached hydrogen (secondary N) is 1. The van der Waals surface area contributed by atoms with Crippen molar-refractivity contribution in [3.63, 3.8) is 0 Å². The summed E-state index contributed by atoms with van der Waals surface area (Å²) < 4.78 is 5.46. The summed E-state index contributed by atoms with van der Waals surface area (Å²) in [7, 11) is 2.09. The van der Waals surface area contributed by atoms with Gasteiger partial charge in [-0.25, -0.2) is 4.98 Å². The maximum Gasteiger partial charge on any atom is 0.259 e. The van der Waals surface area contributed by atoms with E-state index in [4.69, 9.17) is 4.52 Å². The summed E-state index contributed by atoms with van der Waals surface area (Å²) in [6.45, 7) is 10.2. The maximum atomic E-state index is 5.46. The van der Waals surface area contributed by atoms with Gasteiger partial charge in [-0.2, -0.15) is 4.98 Å². The molecule has 1 aliphatic rings. The normalized spacial score (nSPS) is 18.2. The summed E-state index contributed by atoms with van der Waals surface area (Å²) in [5, 5.41) is 7.53. The lowest BCUT2D eigenvalue weighted by atomic mass is 10.2. The number of rotatable bonds is 5. The van der Waals surface area contributed by atoms with Gasteiger partial charge in [0.05, 0.1) is 11.6 Å². The van der Waals surface area contributed by atoms with E-state index in [1.54, 1.807) is 6.20 Å². The number of hydrogen-bond acceptors (Lipinski definition) is 7. The number of hydrogen-bond donors (Lipinski definition) is 1. The molecule has 1 saturated heterocycles. The third kappa shape index (κ3) is 4.29. The van der Waals surface area contributed by atoms with E-state index in [-0.39, 0.29) is 18.4 Å². The molecule has 1 fully saturated rings. The molecule has 0 saturated carbocycles. The second-order valence-electron chi connectivity index (χ2n) is 6.44. The molecule has 1 atom stereocenters. The summed E-state index contributed by atoms with van der Waals surface area (Å²) >= 11 is 0. The zero-order valence-electron chi connectivity index (χ0n) is 15.3. The summed E-state index contributed by atoms with van der Waals surface area (Å²) in [5.74, 6) is 2.21. The Labute approximate surface area is 155 Å². The Morgan fingerprint density at radius 2 is 2.20 bits per heavy atom. The highest BCUT2D eigenvalue weighted by Crippen LogP contribution is 2.24. The van der Waals surface area contributed by atoms with Crippen LogP contribution in [0, 0.1) is 0 Å².